The number of carboxylic acid groups (broad SMARTS) is 1. The van der Waals surface area contributed by atoms with Crippen molar-refractivity contribution in [2.45, 2.75) is 45.2 Å². The maximum Gasteiger partial charge on any atom is 0.326 e. The lowest BCUT2D eigenvalue weighted by atomic mass is 9.92. The average molecular weight is 271 g/mol. The molecule has 108 valence electrons. The van der Waals surface area contributed by atoms with Crippen LogP contribution in [0.1, 0.15) is 33.1 Å². The summed E-state index contributed by atoms with van der Waals surface area (Å²) < 4.78 is 0. The Labute approximate surface area is 112 Å². The van der Waals surface area contributed by atoms with Crippen molar-refractivity contribution < 1.29 is 19.5 Å². The maximum atomic E-state index is 12.0. The molecule has 1 aliphatic rings. The van der Waals surface area contributed by atoms with Crippen molar-refractivity contribution in [2.24, 2.45) is 11.7 Å². The van der Waals surface area contributed by atoms with E-state index in [-0.39, 0.29) is 6.04 Å². The molecule has 0 aromatic heterocycles. The number of nitrogens with one attached hydrogen (secondary N) is 1. The second-order valence-corrected chi connectivity index (χ2v) is 5.06. The highest BCUT2D eigenvalue weighted by molar-refractivity contribution is 5.87. The first-order valence-electron chi connectivity index (χ1n) is 6.41. The number of carbonyl (C=O) groups excluding carboxylic acids is 2. The minimum atomic E-state index is -1.27. The monoisotopic (exact) mass is 271 g/mol. The van der Waals surface area contributed by atoms with Crippen molar-refractivity contribution in [1.29, 1.82) is 0 Å². The van der Waals surface area contributed by atoms with Crippen LogP contribution in [0.5, 0.6) is 0 Å². The van der Waals surface area contributed by atoms with Crippen LogP contribution >= 0.6 is 0 Å². The lowest BCUT2D eigenvalue weighted by Gasteiger charge is -2.38. The molecule has 0 radical (unpaired) electrons. The van der Waals surface area contributed by atoms with Crippen molar-refractivity contribution in [2.75, 3.05) is 6.54 Å². The predicted octanol–water partition coefficient (Wildman–Crippen LogP) is 0.145. The summed E-state index contributed by atoms with van der Waals surface area (Å²) in [5.74, 6) is -1.64. The van der Waals surface area contributed by atoms with Gasteiger partial charge in [0, 0.05) is 12.6 Å². The third-order valence-electron chi connectivity index (χ3n) is 3.64. The molecule has 3 amide bonds. The number of nitrogens with zero attached hydrogens (tertiary/aromatic N) is 1. The molecule has 7 nitrogen and oxygen atoms in total. The second kappa shape index (κ2) is 6.40. The maximum absolute atomic E-state index is 12.0. The lowest BCUT2D eigenvalue weighted by molar-refractivity contribution is -0.141. The highest BCUT2D eigenvalue weighted by Gasteiger charge is 2.31. The first kappa shape index (κ1) is 15.3. The van der Waals surface area contributed by atoms with Crippen LogP contribution in [-0.2, 0) is 9.59 Å². The van der Waals surface area contributed by atoms with Crippen LogP contribution in [0.2, 0.25) is 0 Å². The van der Waals surface area contributed by atoms with Crippen LogP contribution in [0, 0.1) is 5.92 Å². The molecule has 7 heteroatoms. The molecule has 0 spiro atoms. The first-order valence-corrected chi connectivity index (χ1v) is 6.41. The zero-order valence-electron chi connectivity index (χ0n) is 11.3. The molecule has 2 unspecified atom stereocenters. The standard InChI is InChI=1S/C12H21N3O4/c1-7-4-3-5-15(8(7)2)12(19)14-9(11(17)18)6-10(13)16/h7-9H,3-6H2,1-2H3,(H2,13,16)(H,14,19)(H,17,18)/t7?,8?,9-/m0/s1. The Morgan fingerprint density at radius 2 is 2.05 bits per heavy atom. The van der Waals surface area contributed by atoms with E-state index in [1.54, 1.807) is 4.90 Å². The van der Waals surface area contributed by atoms with E-state index in [0.29, 0.717) is 12.5 Å². The molecule has 0 bridgehead atoms. The summed E-state index contributed by atoms with van der Waals surface area (Å²) in [6.07, 6.45) is 1.54. The second-order valence-electron chi connectivity index (χ2n) is 5.06. The number of amides is 3. The van der Waals surface area contributed by atoms with Crippen LogP contribution in [0.3, 0.4) is 0 Å². The van der Waals surface area contributed by atoms with Gasteiger partial charge in [-0.25, -0.2) is 9.59 Å². The van der Waals surface area contributed by atoms with Gasteiger partial charge in [-0.15, -0.1) is 0 Å². The summed E-state index contributed by atoms with van der Waals surface area (Å²) in [5, 5.41) is 11.3. The number of carboxylic acids is 1. The summed E-state index contributed by atoms with van der Waals surface area (Å²) in [6.45, 7) is 4.59. The van der Waals surface area contributed by atoms with Crippen molar-refractivity contribution >= 4 is 17.9 Å². The van der Waals surface area contributed by atoms with Crippen LogP contribution in [0.4, 0.5) is 4.79 Å². The van der Waals surface area contributed by atoms with Gasteiger partial charge in [-0.2, -0.15) is 0 Å². The fraction of sp³-hybridized carbons (Fsp3) is 0.750. The third-order valence-corrected chi connectivity index (χ3v) is 3.64. The Morgan fingerprint density at radius 1 is 1.42 bits per heavy atom. The van der Waals surface area contributed by atoms with Crippen LogP contribution < -0.4 is 11.1 Å². The van der Waals surface area contributed by atoms with E-state index in [0.717, 1.165) is 12.8 Å². The summed E-state index contributed by atoms with van der Waals surface area (Å²) in [4.78, 5) is 35.4. The van der Waals surface area contributed by atoms with Crippen LogP contribution in [0.25, 0.3) is 0 Å². The highest BCUT2D eigenvalue weighted by Crippen LogP contribution is 2.22. The minimum absolute atomic E-state index is 0.0526. The first-order chi connectivity index (χ1) is 8.82. The Balaban J connectivity index is 2.65. The van der Waals surface area contributed by atoms with Gasteiger partial charge in [-0.3, -0.25) is 4.79 Å². The fourth-order valence-corrected chi connectivity index (χ4v) is 2.26. The Bertz CT molecular complexity index is 372. The molecule has 1 aliphatic heterocycles. The predicted molar refractivity (Wildman–Crippen MR) is 68.3 cm³/mol. The van der Waals surface area contributed by atoms with Crippen molar-refractivity contribution in [1.82, 2.24) is 10.2 Å². The molecule has 0 saturated carbocycles. The van der Waals surface area contributed by atoms with Gasteiger partial charge in [-0.1, -0.05) is 6.92 Å². The topological polar surface area (TPSA) is 113 Å². The molecule has 0 aromatic rings. The number of carbonyl (C=O) groups is 3. The van der Waals surface area contributed by atoms with Gasteiger partial charge < -0.3 is 21.1 Å². The van der Waals surface area contributed by atoms with Gasteiger partial charge in [-0.05, 0) is 25.7 Å². The van der Waals surface area contributed by atoms with E-state index in [9.17, 15) is 14.4 Å². The van der Waals surface area contributed by atoms with E-state index in [1.165, 1.54) is 0 Å². The molecule has 3 atom stereocenters. The molecule has 4 N–H and O–H groups in total. The summed E-state index contributed by atoms with van der Waals surface area (Å²) in [5.41, 5.74) is 4.97. The molecule has 1 fully saturated rings. The molecular weight excluding hydrogens is 250 g/mol. The quantitative estimate of drug-likeness (QED) is 0.675. The zero-order chi connectivity index (χ0) is 14.6. The molecule has 1 heterocycles. The van der Waals surface area contributed by atoms with Gasteiger partial charge in [0.2, 0.25) is 5.91 Å². The molecular formula is C12H21N3O4. The Kier molecular flexibility index (Phi) is 5.14. The van der Waals surface area contributed by atoms with E-state index in [4.69, 9.17) is 10.8 Å². The van der Waals surface area contributed by atoms with E-state index in [2.05, 4.69) is 12.2 Å². The Hall–Kier alpha value is -1.79. The number of nitrogens with two attached hydrogens (primary N) is 1. The normalized spacial score (nSPS) is 24.6. The highest BCUT2D eigenvalue weighted by atomic mass is 16.4. The van der Waals surface area contributed by atoms with Gasteiger partial charge in [0.1, 0.15) is 6.04 Å². The molecule has 1 saturated heterocycles. The Morgan fingerprint density at radius 3 is 2.58 bits per heavy atom. The SMILES string of the molecule is CC1CCCN(C(=O)N[C@@H](CC(N)=O)C(=O)O)C1C. The van der Waals surface area contributed by atoms with Crippen LogP contribution in [0.15, 0.2) is 0 Å². The molecule has 0 aliphatic carbocycles. The minimum Gasteiger partial charge on any atom is -0.480 e. The number of primary amides is 1. The molecule has 0 aromatic carbocycles. The number of urea groups is 1. The van der Waals surface area contributed by atoms with Crippen LogP contribution in [-0.4, -0.2) is 46.5 Å². The van der Waals surface area contributed by atoms with Crippen molar-refractivity contribution in [3.63, 3.8) is 0 Å². The summed E-state index contributed by atoms with van der Waals surface area (Å²) in [7, 11) is 0. The number of hydrogen-bond acceptors (Lipinski definition) is 3. The van der Waals surface area contributed by atoms with E-state index < -0.39 is 30.4 Å². The number of piperidine rings is 1. The average Bonchev–Trinajstić information content (AvgIpc) is 2.31. The van der Waals surface area contributed by atoms with E-state index >= 15 is 0 Å². The molecule has 19 heavy (non-hydrogen) atoms. The van der Waals surface area contributed by atoms with Gasteiger partial charge in [0.15, 0.2) is 0 Å². The fourth-order valence-electron chi connectivity index (χ4n) is 2.26. The van der Waals surface area contributed by atoms with Gasteiger partial charge in [0.25, 0.3) is 0 Å². The van der Waals surface area contributed by atoms with E-state index in [1.807, 2.05) is 6.92 Å². The van der Waals surface area contributed by atoms with Gasteiger partial charge in [0.05, 0.1) is 6.42 Å². The number of likely N-dealkylation sites (tertiary alicyclic amines) is 1. The summed E-state index contributed by atoms with van der Waals surface area (Å²) in [6, 6.07) is -1.67. The number of hydrogen-bond donors (Lipinski definition) is 3. The zero-order valence-corrected chi connectivity index (χ0v) is 11.3. The number of aliphatic carboxylic acids is 1. The third kappa shape index (κ3) is 4.11. The summed E-state index contributed by atoms with van der Waals surface area (Å²) >= 11 is 0. The van der Waals surface area contributed by atoms with Crippen molar-refractivity contribution in [3.8, 4) is 0 Å². The molecule has 1 rings (SSSR count). The van der Waals surface area contributed by atoms with Gasteiger partial charge >= 0.3 is 12.0 Å². The number of rotatable bonds is 4. The largest absolute Gasteiger partial charge is 0.480 e. The van der Waals surface area contributed by atoms with Crippen molar-refractivity contribution in [3.05, 3.63) is 0 Å². The lowest BCUT2D eigenvalue weighted by Crippen LogP contribution is -2.54. The smallest absolute Gasteiger partial charge is 0.326 e.